The molecule has 0 aliphatic rings. The number of amides is 3. The zero-order valence-electron chi connectivity index (χ0n) is 24.9. The summed E-state index contributed by atoms with van der Waals surface area (Å²) in [7, 11) is 5.42. The van der Waals surface area contributed by atoms with Gasteiger partial charge in [0.15, 0.2) is 5.75 Å². The summed E-state index contributed by atoms with van der Waals surface area (Å²) >= 11 is 0. The number of methoxy groups -OCH3 is 1. The van der Waals surface area contributed by atoms with Gasteiger partial charge in [0.1, 0.15) is 11.5 Å². The lowest BCUT2D eigenvalue weighted by molar-refractivity contribution is 0.209. The number of pyridine rings is 1. The molecule has 0 bridgehead atoms. The van der Waals surface area contributed by atoms with Crippen molar-refractivity contribution in [1.82, 2.24) is 9.88 Å². The number of ether oxygens (including phenoxy) is 2. The number of nitrogens with zero attached hydrogens (tertiary/aromatic N) is 2. The predicted octanol–water partition coefficient (Wildman–Crippen LogP) is 7.69. The fourth-order valence-electron chi connectivity index (χ4n) is 4.44. The summed E-state index contributed by atoms with van der Waals surface area (Å²) in [5.41, 5.74) is 2.52. The van der Waals surface area contributed by atoms with Crippen molar-refractivity contribution in [3.63, 3.8) is 0 Å². The van der Waals surface area contributed by atoms with Gasteiger partial charge < -0.3 is 30.1 Å². The molecule has 1 heterocycles. The van der Waals surface area contributed by atoms with Gasteiger partial charge in [-0.3, -0.25) is 10.3 Å². The molecule has 0 spiro atoms. The second kappa shape index (κ2) is 12.4. The molecule has 1 unspecified atom stereocenters. The molecule has 220 valence electrons. The fourth-order valence-corrected chi connectivity index (χ4v) is 4.44. The van der Waals surface area contributed by atoms with E-state index in [1.54, 1.807) is 24.4 Å². The van der Waals surface area contributed by atoms with Crippen molar-refractivity contribution in [2.24, 2.45) is 0 Å². The molecule has 0 aliphatic carbocycles. The van der Waals surface area contributed by atoms with E-state index in [0.29, 0.717) is 22.9 Å². The van der Waals surface area contributed by atoms with Gasteiger partial charge >= 0.3 is 12.1 Å². The fraction of sp³-hybridized carbons (Fsp3) is 0.281. The number of carbonyl (C=O) groups is 2. The number of aromatic nitrogens is 1. The summed E-state index contributed by atoms with van der Waals surface area (Å²) in [5, 5.41) is 19.1. The highest BCUT2D eigenvalue weighted by atomic mass is 16.5. The van der Waals surface area contributed by atoms with Crippen LogP contribution >= 0.6 is 0 Å². The van der Waals surface area contributed by atoms with Crippen LogP contribution in [0.2, 0.25) is 0 Å². The van der Waals surface area contributed by atoms with Crippen molar-refractivity contribution < 1.29 is 24.2 Å². The minimum absolute atomic E-state index is 0.120. The first kappa shape index (κ1) is 30.1. The first-order chi connectivity index (χ1) is 19.9. The van der Waals surface area contributed by atoms with Crippen LogP contribution in [0, 0.1) is 0 Å². The Hall–Kier alpha value is -4.83. The van der Waals surface area contributed by atoms with Crippen molar-refractivity contribution in [3.8, 4) is 17.2 Å². The SMILES string of the molecule is COc1c(NC(=O)O)cc(C(C)(C)C)cc1NC(=O)Nc1ccc(Oc2ccnc(C(C)N(C)C)c2)c2ccccc12. The van der Waals surface area contributed by atoms with E-state index in [4.69, 9.17) is 9.47 Å². The van der Waals surface area contributed by atoms with E-state index in [0.717, 1.165) is 22.0 Å². The third-order valence-electron chi connectivity index (χ3n) is 6.96. The molecule has 0 aliphatic heterocycles. The standard InChI is InChI=1S/C32H37N5O5/c1-19(37(5)6)25-18-21(14-15-33-25)42-28-13-12-24(22-10-8-9-11-23(22)28)34-30(38)35-26-16-20(32(2,3)4)17-27(29(26)41-7)36-31(39)40/h8-19,36H,1-7H3,(H,39,40)(H2,34,35,38). The maximum absolute atomic E-state index is 13.3. The Bertz CT molecular complexity index is 1610. The summed E-state index contributed by atoms with van der Waals surface area (Å²) in [6.07, 6.45) is 0.492. The third kappa shape index (κ3) is 6.90. The Morgan fingerprint density at radius 3 is 2.17 bits per heavy atom. The molecule has 1 atom stereocenters. The summed E-state index contributed by atoms with van der Waals surface area (Å²) < 4.78 is 11.8. The molecule has 10 heteroatoms. The molecule has 0 saturated heterocycles. The molecule has 0 saturated carbocycles. The summed E-state index contributed by atoms with van der Waals surface area (Å²) in [5.74, 6) is 1.50. The van der Waals surface area contributed by atoms with Crippen LogP contribution < -0.4 is 25.4 Å². The van der Waals surface area contributed by atoms with Crippen molar-refractivity contribution >= 4 is 40.0 Å². The summed E-state index contributed by atoms with van der Waals surface area (Å²) in [4.78, 5) is 31.2. The Balaban J connectivity index is 1.63. The van der Waals surface area contributed by atoms with Crippen LogP contribution in [-0.4, -0.2) is 48.3 Å². The number of carboxylic acid groups (broad SMARTS) is 1. The first-order valence-electron chi connectivity index (χ1n) is 13.5. The minimum atomic E-state index is -1.24. The number of carbonyl (C=O) groups excluding carboxylic acids is 1. The van der Waals surface area contributed by atoms with E-state index in [1.807, 2.05) is 77.3 Å². The zero-order chi connectivity index (χ0) is 30.6. The summed E-state index contributed by atoms with van der Waals surface area (Å²) in [6, 6.07) is 18.0. The maximum atomic E-state index is 13.3. The van der Waals surface area contributed by atoms with E-state index in [2.05, 4.69) is 32.8 Å². The molecule has 3 aromatic carbocycles. The van der Waals surface area contributed by atoms with Gasteiger partial charge in [-0.2, -0.15) is 0 Å². The first-order valence-corrected chi connectivity index (χ1v) is 13.5. The van der Waals surface area contributed by atoms with E-state index < -0.39 is 12.1 Å². The lowest BCUT2D eigenvalue weighted by Crippen LogP contribution is -2.22. The van der Waals surface area contributed by atoms with E-state index in [9.17, 15) is 14.7 Å². The van der Waals surface area contributed by atoms with Crippen LogP contribution in [0.3, 0.4) is 0 Å². The number of benzene rings is 3. The van der Waals surface area contributed by atoms with Crippen LogP contribution in [0.4, 0.5) is 26.7 Å². The number of urea groups is 1. The number of hydrogen-bond acceptors (Lipinski definition) is 6. The Kier molecular flexibility index (Phi) is 8.87. The number of nitrogens with one attached hydrogen (secondary N) is 3. The van der Waals surface area contributed by atoms with Gasteiger partial charge in [-0.15, -0.1) is 0 Å². The summed E-state index contributed by atoms with van der Waals surface area (Å²) in [6.45, 7) is 8.06. The van der Waals surface area contributed by atoms with Gasteiger partial charge in [-0.05, 0) is 62.3 Å². The highest BCUT2D eigenvalue weighted by Crippen LogP contribution is 2.39. The monoisotopic (exact) mass is 571 g/mol. The van der Waals surface area contributed by atoms with Crippen molar-refractivity contribution in [3.05, 3.63) is 78.1 Å². The van der Waals surface area contributed by atoms with Gasteiger partial charge in [0, 0.05) is 29.1 Å². The minimum Gasteiger partial charge on any atom is -0.492 e. The smallest absolute Gasteiger partial charge is 0.409 e. The second-order valence-electron chi connectivity index (χ2n) is 11.2. The Morgan fingerprint density at radius 2 is 1.55 bits per heavy atom. The number of rotatable bonds is 8. The maximum Gasteiger partial charge on any atom is 0.409 e. The normalized spacial score (nSPS) is 12.1. The number of anilines is 3. The third-order valence-corrected chi connectivity index (χ3v) is 6.96. The van der Waals surface area contributed by atoms with E-state index in [1.165, 1.54) is 7.11 Å². The lowest BCUT2D eigenvalue weighted by Gasteiger charge is -2.23. The molecule has 0 radical (unpaired) electrons. The number of fused-ring (bicyclic) bond motifs is 1. The van der Waals surface area contributed by atoms with Crippen LogP contribution in [0.1, 0.15) is 45.0 Å². The second-order valence-corrected chi connectivity index (χ2v) is 11.2. The average Bonchev–Trinajstić information content (AvgIpc) is 2.93. The lowest BCUT2D eigenvalue weighted by atomic mass is 9.86. The highest BCUT2D eigenvalue weighted by Gasteiger charge is 2.22. The van der Waals surface area contributed by atoms with Gasteiger partial charge in [0.05, 0.1) is 29.9 Å². The van der Waals surface area contributed by atoms with E-state index >= 15 is 0 Å². The molecular formula is C32H37N5O5. The molecule has 4 rings (SSSR count). The molecule has 0 fully saturated rings. The van der Waals surface area contributed by atoms with E-state index in [-0.39, 0.29) is 22.9 Å². The molecule has 1 aromatic heterocycles. The molecular weight excluding hydrogens is 534 g/mol. The van der Waals surface area contributed by atoms with Gasteiger partial charge in [0.25, 0.3) is 0 Å². The van der Waals surface area contributed by atoms with Crippen LogP contribution in [-0.2, 0) is 5.41 Å². The highest BCUT2D eigenvalue weighted by molar-refractivity contribution is 6.08. The molecule has 4 N–H and O–H groups in total. The van der Waals surface area contributed by atoms with Gasteiger partial charge in [-0.1, -0.05) is 45.0 Å². The topological polar surface area (TPSA) is 125 Å². The predicted molar refractivity (Wildman–Crippen MR) is 166 cm³/mol. The molecule has 3 amide bonds. The van der Waals surface area contributed by atoms with Gasteiger partial charge in [-0.25, -0.2) is 9.59 Å². The molecule has 10 nitrogen and oxygen atoms in total. The molecule has 4 aromatic rings. The number of hydrogen-bond donors (Lipinski definition) is 4. The zero-order valence-corrected chi connectivity index (χ0v) is 24.9. The van der Waals surface area contributed by atoms with Crippen LogP contribution in [0.15, 0.2) is 66.9 Å². The van der Waals surface area contributed by atoms with Gasteiger partial charge in [0.2, 0.25) is 0 Å². The van der Waals surface area contributed by atoms with Crippen molar-refractivity contribution in [2.75, 3.05) is 37.2 Å². The largest absolute Gasteiger partial charge is 0.492 e. The Labute approximate surface area is 245 Å². The van der Waals surface area contributed by atoms with Crippen molar-refractivity contribution in [1.29, 1.82) is 0 Å². The molecule has 42 heavy (non-hydrogen) atoms. The van der Waals surface area contributed by atoms with Crippen LogP contribution in [0.25, 0.3) is 10.8 Å². The Morgan fingerprint density at radius 1 is 0.905 bits per heavy atom. The average molecular weight is 572 g/mol. The van der Waals surface area contributed by atoms with Crippen molar-refractivity contribution in [2.45, 2.75) is 39.2 Å². The van der Waals surface area contributed by atoms with Crippen LogP contribution in [0.5, 0.6) is 17.2 Å². The quantitative estimate of drug-likeness (QED) is 0.171.